The molecule has 1 aliphatic carbocycles. The number of rotatable bonds is 4. The molecule has 34 heavy (non-hydrogen) atoms. The van der Waals surface area contributed by atoms with Crippen LogP contribution >= 0.6 is 11.6 Å². The molecule has 0 unspecified atom stereocenters. The Balaban J connectivity index is 1.41. The van der Waals surface area contributed by atoms with E-state index in [0.29, 0.717) is 28.8 Å². The first-order chi connectivity index (χ1) is 16.5. The maximum atomic E-state index is 15.0. The fourth-order valence-corrected chi connectivity index (χ4v) is 5.05. The van der Waals surface area contributed by atoms with Crippen LogP contribution in [0.15, 0.2) is 42.7 Å². The number of aryl methyl sites for hydroxylation is 2. The van der Waals surface area contributed by atoms with Crippen molar-refractivity contribution in [3.63, 3.8) is 0 Å². The van der Waals surface area contributed by atoms with Gasteiger partial charge in [-0.3, -0.25) is 4.68 Å². The largest absolute Gasteiger partial charge is 0.373 e. The predicted octanol–water partition coefficient (Wildman–Crippen LogP) is 6.87. The molecule has 0 amide bonds. The molecule has 7 heteroatoms. The van der Waals surface area contributed by atoms with E-state index in [0.717, 1.165) is 46.4 Å². The molecule has 3 heterocycles. The molecule has 6 rings (SSSR count). The van der Waals surface area contributed by atoms with Crippen molar-refractivity contribution in [2.24, 2.45) is 0 Å². The highest BCUT2D eigenvalue weighted by molar-refractivity contribution is 6.30. The zero-order valence-corrected chi connectivity index (χ0v) is 20.0. The number of hydrogen-bond acceptors (Lipinski definition) is 4. The van der Waals surface area contributed by atoms with Crippen LogP contribution in [0.2, 0.25) is 5.02 Å². The molecule has 0 radical (unpaired) electrons. The van der Waals surface area contributed by atoms with Crippen LogP contribution in [0.5, 0.6) is 0 Å². The van der Waals surface area contributed by atoms with Crippen molar-refractivity contribution in [1.29, 1.82) is 0 Å². The standard InChI is InChI=1S/C27H26ClFN4O/c1-15-16(2)32-27-23(22-6-3-20(28)12-24(22)29)9-18(10-25(27)31-15)17-7-8-34-26(11-17)19-13-30-33(14-19)21-4-5-21/h3,6,9-10,12-14,17,21,26H,4-5,7-8,11H2,1-2H3/t17-,26+/m1/s1. The molecule has 2 aromatic heterocycles. The second-order valence-corrected chi connectivity index (χ2v) is 9.96. The Morgan fingerprint density at radius 3 is 2.62 bits per heavy atom. The lowest BCUT2D eigenvalue weighted by molar-refractivity contribution is 0.00523. The first-order valence-electron chi connectivity index (χ1n) is 11.9. The highest BCUT2D eigenvalue weighted by atomic mass is 35.5. The third-order valence-corrected chi connectivity index (χ3v) is 7.33. The van der Waals surface area contributed by atoms with Gasteiger partial charge >= 0.3 is 0 Å². The minimum atomic E-state index is -0.358. The third kappa shape index (κ3) is 3.99. The quantitative estimate of drug-likeness (QED) is 0.322. The molecule has 1 saturated carbocycles. The number of nitrogens with zero attached hydrogens (tertiary/aromatic N) is 4. The Bertz CT molecular complexity index is 1400. The van der Waals surface area contributed by atoms with Gasteiger partial charge in [0.05, 0.1) is 40.8 Å². The number of benzene rings is 2. The van der Waals surface area contributed by atoms with Crippen molar-refractivity contribution in [2.75, 3.05) is 6.61 Å². The summed E-state index contributed by atoms with van der Waals surface area (Å²) in [5.74, 6) is -0.0896. The van der Waals surface area contributed by atoms with Crippen molar-refractivity contribution in [3.05, 3.63) is 76.1 Å². The van der Waals surface area contributed by atoms with Gasteiger partial charge in [-0.1, -0.05) is 11.6 Å². The van der Waals surface area contributed by atoms with Gasteiger partial charge in [0.15, 0.2) is 0 Å². The molecule has 1 saturated heterocycles. The summed E-state index contributed by atoms with van der Waals surface area (Å²) in [7, 11) is 0. The lowest BCUT2D eigenvalue weighted by Gasteiger charge is -2.30. The van der Waals surface area contributed by atoms with Gasteiger partial charge in [0.25, 0.3) is 0 Å². The summed E-state index contributed by atoms with van der Waals surface area (Å²) in [6.45, 7) is 4.56. The monoisotopic (exact) mass is 476 g/mol. The molecule has 0 N–H and O–H groups in total. The summed E-state index contributed by atoms with van der Waals surface area (Å²) < 4.78 is 23.2. The van der Waals surface area contributed by atoms with E-state index in [9.17, 15) is 0 Å². The number of halogens is 2. The molecular weight excluding hydrogens is 451 g/mol. The summed E-state index contributed by atoms with van der Waals surface area (Å²) in [6, 6.07) is 9.55. The number of fused-ring (bicyclic) bond motifs is 1. The lowest BCUT2D eigenvalue weighted by Crippen LogP contribution is -2.18. The Hall–Kier alpha value is -2.83. The van der Waals surface area contributed by atoms with Gasteiger partial charge in [-0.2, -0.15) is 5.10 Å². The van der Waals surface area contributed by atoms with Crippen LogP contribution in [0.3, 0.4) is 0 Å². The molecule has 2 aliphatic rings. The molecule has 0 bridgehead atoms. The molecule has 0 spiro atoms. The summed E-state index contributed by atoms with van der Waals surface area (Å²) in [6.07, 6.45) is 8.24. The fraction of sp³-hybridized carbons (Fsp3) is 0.370. The van der Waals surface area contributed by atoms with Crippen LogP contribution < -0.4 is 0 Å². The number of hydrogen-bond donors (Lipinski definition) is 0. The van der Waals surface area contributed by atoms with Crippen LogP contribution in [-0.2, 0) is 4.74 Å². The van der Waals surface area contributed by atoms with E-state index in [4.69, 9.17) is 26.3 Å². The molecule has 174 valence electrons. The summed E-state index contributed by atoms with van der Waals surface area (Å²) in [5, 5.41) is 4.92. The highest BCUT2D eigenvalue weighted by Crippen LogP contribution is 2.42. The topological polar surface area (TPSA) is 52.8 Å². The first-order valence-corrected chi connectivity index (χ1v) is 12.2. The van der Waals surface area contributed by atoms with Crippen LogP contribution in [-0.4, -0.2) is 26.4 Å². The average molecular weight is 477 g/mol. The van der Waals surface area contributed by atoms with E-state index in [1.54, 1.807) is 12.1 Å². The van der Waals surface area contributed by atoms with E-state index >= 15 is 4.39 Å². The Labute approximate surface area is 202 Å². The number of aromatic nitrogens is 4. The number of ether oxygens (including phenoxy) is 1. The van der Waals surface area contributed by atoms with Gasteiger partial charge < -0.3 is 4.74 Å². The summed E-state index contributed by atoms with van der Waals surface area (Å²) >= 11 is 6.03. The lowest BCUT2D eigenvalue weighted by atomic mass is 9.85. The maximum Gasteiger partial charge on any atom is 0.132 e. The van der Waals surface area contributed by atoms with Gasteiger partial charge in [0, 0.05) is 34.5 Å². The first kappa shape index (κ1) is 21.7. The smallest absolute Gasteiger partial charge is 0.132 e. The molecule has 1 aliphatic heterocycles. The van der Waals surface area contributed by atoms with E-state index in [-0.39, 0.29) is 17.8 Å². The van der Waals surface area contributed by atoms with Gasteiger partial charge in [0.2, 0.25) is 0 Å². The fourth-order valence-electron chi connectivity index (χ4n) is 4.89. The van der Waals surface area contributed by atoms with Crippen LogP contribution in [0, 0.1) is 19.7 Å². The van der Waals surface area contributed by atoms with E-state index < -0.39 is 0 Å². The van der Waals surface area contributed by atoms with Crippen molar-refractivity contribution in [2.45, 2.75) is 57.6 Å². The van der Waals surface area contributed by atoms with Gasteiger partial charge in [-0.15, -0.1) is 0 Å². The molecular formula is C27H26ClFN4O. The van der Waals surface area contributed by atoms with E-state index in [2.05, 4.69) is 28.1 Å². The molecule has 2 atom stereocenters. The Kier molecular flexibility index (Phi) is 5.38. The van der Waals surface area contributed by atoms with Crippen molar-refractivity contribution in [3.8, 4) is 11.1 Å². The van der Waals surface area contributed by atoms with Gasteiger partial charge in [-0.05, 0) is 81.3 Å². The third-order valence-electron chi connectivity index (χ3n) is 7.09. The Morgan fingerprint density at radius 1 is 1.00 bits per heavy atom. The highest BCUT2D eigenvalue weighted by Gasteiger charge is 2.30. The Morgan fingerprint density at radius 2 is 1.82 bits per heavy atom. The molecule has 2 aromatic carbocycles. The van der Waals surface area contributed by atoms with Crippen molar-refractivity contribution >= 4 is 22.6 Å². The minimum absolute atomic E-state index is 0.00324. The molecule has 5 nitrogen and oxygen atoms in total. The molecule has 4 aromatic rings. The van der Waals surface area contributed by atoms with E-state index in [1.165, 1.54) is 18.9 Å². The van der Waals surface area contributed by atoms with Crippen molar-refractivity contribution < 1.29 is 9.13 Å². The zero-order chi connectivity index (χ0) is 23.4. The van der Waals surface area contributed by atoms with Crippen molar-refractivity contribution in [1.82, 2.24) is 19.7 Å². The molecule has 2 fully saturated rings. The zero-order valence-electron chi connectivity index (χ0n) is 19.3. The predicted molar refractivity (Wildman–Crippen MR) is 131 cm³/mol. The normalized spacial score (nSPS) is 20.7. The van der Waals surface area contributed by atoms with Crippen LogP contribution in [0.4, 0.5) is 4.39 Å². The SMILES string of the molecule is Cc1nc2cc([C@@H]3CCO[C@H](c4cnn(C5CC5)c4)C3)cc(-c3ccc(Cl)cc3F)c2nc1C. The second-order valence-electron chi connectivity index (χ2n) is 9.52. The minimum Gasteiger partial charge on any atom is -0.373 e. The van der Waals surface area contributed by atoms with Gasteiger partial charge in [-0.25, -0.2) is 14.4 Å². The summed E-state index contributed by atoms with van der Waals surface area (Å²) in [4.78, 5) is 9.61. The van der Waals surface area contributed by atoms with Crippen LogP contribution in [0.25, 0.3) is 22.2 Å². The average Bonchev–Trinajstić information content (AvgIpc) is 3.56. The maximum absolute atomic E-state index is 15.0. The van der Waals surface area contributed by atoms with Crippen LogP contribution in [0.1, 0.15) is 66.3 Å². The summed E-state index contributed by atoms with van der Waals surface area (Å²) in [5.41, 5.74) is 6.73. The second kappa shape index (κ2) is 8.43. The van der Waals surface area contributed by atoms with E-state index in [1.807, 2.05) is 20.0 Å². The van der Waals surface area contributed by atoms with Gasteiger partial charge in [0.1, 0.15) is 5.82 Å².